The summed E-state index contributed by atoms with van der Waals surface area (Å²) in [7, 11) is 3.83. The Kier molecular flexibility index (Phi) is 7.19. The molecule has 0 aromatic carbocycles. The van der Waals surface area contributed by atoms with Gasteiger partial charge in [-0.2, -0.15) is 0 Å². The van der Waals surface area contributed by atoms with Crippen molar-refractivity contribution >= 4 is 29.9 Å². The summed E-state index contributed by atoms with van der Waals surface area (Å²) < 4.78 is 4.83. The summed E-state index contributed by atoms with van der Waals surface area (Å²) in [6, 6.07) is 1.88. The average molecular weight is 378 g/mol. The Balaban J connectivity index is 0.00000180. The summed E-state index contributed by atoms with van der Waals surface area (Å²) in [5.41, 5.74) is 0.918. The van der Waals surface area contributed by atoms with Gasteiger partial charge < -0.3 is 14.7 Å². The van der Waals surface area contributed by atoms with E-state index in [2.05, 4.69) is 20.4 Å². The molecule has 0 spiro atoms. The van der Waals surface area contributed by atoms with E-state index in [1.165, 1.54) is 25.7 Å². The second-order valence-corrected chi connectivity index (χ2v) is 4.93. The van der Waals surface area contributed by atoms with Gasteiger partial charge in [0, 0.05) is 26.7 Å². The van der Waals surface area contributed by atoms with Gasteiger partial charge in [-0.1, -0.05) is 18.0 Å². The minimum atomic E-state index is 0. The Labute approximate surface area is 131 Å². The summed E-state index contributed by atoms with van der Waals surface area (Å²) in [6.45, 7) is 1.73. The van der Waals surface area contributed by atoms with Crippen LogP contribution in [0, 0.1) is 5.92 Å². The number of aromatic nitrogens is 1. The van der Waals surface area contributed by atoms with Crippen molar-refractivity contribution in [2.45, 2.75) is 32.2 Å². The lowest BCUT2D eigenvalue weighted by Gasteiger charge is -2.22. The minimum absolute atomic E-state index is 0. The highest BCUT2D eigenvalue weighted by Gasteiger charge is 2.16. The first kappa shape index (κ1) is 16.3. The molecular weight excluding hydrogens is 355 g/mol. The van der Waals surface area contributed by atoms with Crippen molar-refractivity contribution < 1.29 is 4.52 Å². The normalized spacial score (nSPS) is 16.2. The predicted molar refractivity (Wildman–Crippen MR) is 86.7 cm³/mol. The van der Waals surface area contributed by atoms with E-state index in [9.17, 15) is 0 Å². The Morgan fingerprint density at radius 1 is 1.53 bits per heavy atom. The monoisotopic (exact) mass is 378 g/mol. The molecule has 0 radical (unpaired) electrons. The topological polar surface area (TPSA) is 53.7 Å². The molecule has 0 atom stereocenters. The van der Waals surface area contributed by atoms with E-state index in [1.54, 1.807) is 6.26 Å². The number of hydrogen-bond donors (Lipinski definition) is 1. The molecule has 1 saturated carbocycles. The number of aliphatic imine (C=N–C) groups is 1. The summed E-state index contributed by atoms with van der Waals surface area (Å²) in [5, 5.41) is 7.35. The summed E-state index contributed by atoms with van der Waals surface area (Å²) in [6.07, 6.45) is 7.03. The van der Waals surface area contributed by atoms with Gasteiger partial charge in [0.15, 0.2) is 5.96 Å². The van der Waals surface area contributed by atoms with Crippen LogP contribution in [0.4, 0.5) is 0 Å². The molecule has 1 fully saturated rings. The molecule has 1 aromatic rings. The van der Waals surface area contributed by atoms with E-state index >= 15 is 0 Å². The SMILES string of the molecule is CN=C(NCC1CCCC1)N(C)Cc1ccon1.I. The number of nitrogens with zero attached hydrogens (tertiary/aromatic N) is 3. The minimum Gasteiger partial charge on any atom is -0.364 e. The maximum atomic E-state index is 4.83. The second-order valence-electron chi connectivity index (χ2n) is 4.93. The van der Waals surface area contributed by atoms with Crippen LogP contribution < -0.4 is 5.32 Å². The fourth-order valence-electron chi connectivity index (χ4n) is 2.47. The van der Waals surface area contributed by atoms with Gasteiger partial charge in [0.25, 0.3) is 0 Å². The molecule has 2 rings (SSSR count). The molecule has 0 unspecified atom stereocenters. The van der Waals surface area contributed by atoms with Crippen molar-refractivity contribution in [1.82, 2.24) is 15.4 Å². The zero-order valence-corrected chi connectivity index (χ0v) is 14.0. The fourth-order valence-corrected chi connectivity index (χ4v) is 2.47. The Hall–Kier alpha value is -0.790. The number of hydrogen-bond acceptors (Lipinski definition) is 3. The molecule has 0 aliphatic heterocycles. The van der Waals surface area contributed by atoms with Crippen LogP contribution in [0.15, 0.2) is 21.8 Å². The molecule has 5 nitrogen and oxygen atoms in total. The largest absolute Gasteiger partial charge is 0.364 e. The average Bonchev–Trinajstić information content (AvgIpc) is 3.02. The number of guanidine groups is 1. The van der Waals surface area contributed by atoms with Crippen LogP contribution >= 0.6 is 24.0 Å². The van der Waals surface area contributed by atoms with Gasteiger partial charge in [-0.15, -0.1) is 24.0 Å². The summed E-state index contributed by atoms with van der Waals surface area (Å²) >= 11 is 0. The molecule has 6 heteroatoms. The van der Waals surface area contributed by atoms with E-state index in [0.29, 0.717) is 6.54 Å². The molecule has 1 heterocycles. The molecule has 108 valence electrons. The van der Waals surface area contributed by atoms with Crippen molar-refractivity contribution in [3.63, 3.8) is 0 Å². The third kappa shape index (κ3) is 5.00. The van der Waals surface area contributed by atoms with Crippen LogP contribution in [-0.4, -0.2) is 36.7 Å². The van der Waals surface area contributed by atoms with Gasteiger partial charge >= 0.3 is 0 Å². The Bertz CT molecular complexity index is 374. The van der Waals surface area contributed by atoms with E-state index < -0.39 is 0 Å². The zero-order valence-electron chi connectivity index (χ0n) is 11.6. The maximum Gasteiger partial charge on any atom is 0.193 e. The quantitative estimate of drug-likeness (QED) is 0.497. The highest BCUT2D eigenvalue weighted by atomic mass is 127. The highest BCUT2D eigenvalue weighted by Crippen LogP contribution is 2.23. The highest BCUT2D eigenvalue weighted by molar-refractivity contribution is 14.0. The van der Waals surface area contributed by atoms with Gasteiger partial charge in [-0.05, 0) is 18.8 Å². The van der Waals surface area contributed by atoms with Crippen molar-refractivity contribution in [2.75, 3.05) is 20.6 Å². The van der Waals surface area contributed by atoms with Crippen molar-refractivity contribution in [3.8, 4) is 0 Å². The first-order valence-electron chi connectivity index (χ1n) is 6.60. The zero-order chi connectivity index (χ0) is 12.8. The lowest BCUT2D eigenvalue weighted by molar-refractivity contribution is 0.389. The van der Waals surface area contributed by atoms with Crippen molar-refractivity contribution in [3.05, 3.63) is 18.0 Å². The predicted octanol–water partition coefficient (Wildman–Crippen LogP) is 2.49. The Morgan fingerprint density at radius 2 is 2.26 bits per heavy atom. The van der Waals surface area contributed by atoms with E-state index in [0.717, 1.165) is 24.1 Å². The van der Waals surface area contributed by atoms with Gasteiger partial charge in [-0.25, -0.2) is 0 Å². The van der Waals surface area contributed by atoms with Gasteiger partial charge in [0.1, 0.15) is 12.0 Å². The van der Waals surface area contributed by atoms with Crippen molar-refractivity contribution in [1.29, 1.82) is 0 Å². The van der Waals surface area contributed by atoms with Crippen LogP contribution in [-0.2, 0) is 6.54 Å². The molecular formula is C13H23IN4O. The Morgan fingerprint density at radius 3 is 2.84 bits per heavy atom. The molecule has 0 bridgehead atoms. The number of rotatable bonds is 4. The summed E-state index contributed by atoms with van der Waals surface area (Å²) in [5.74, 6) is 1.73. The van der Waals surface area contributed by atoms with Crippen LogP contribution in [0.5, 0.6) is 0 Å². The summed E-state index contributed by atoms with van der Waals surface area (Å²) in [4.78, 5) is 6.36. The standard InChI is InChI=1S/C13H22N4O.HI/c1-14-13(15-9-11-5-3-4-6-11)17(2)10-12-7-8-18-16-12;/h7-8,11H,3-6,9-10H2,1-2H3,(H,14,15);1H. The maximum absolute atomic E-state index is 4.83. The fraction of sp³-hybridized carbons (Fsp3) is 0.692. The molecule has 1 aliphatic carbocycles. The van der Waals surface area contributed by atoms with E-state index in [1.807, 2.05) is 20.2 Å². The van der Waals surface area contributed by atoms with Crippen LogP contribution in [0.2, 0.25) is 0 Å². The third-order valence-corrected chi connectivity index (χ3v) is 3.49. The first-order valence-corrected chi connectivity index (χ1v) is 6.60. The van der Waals surface area contributed by atoms with Gasteiger partial charge in [0.2, 0.25) is 0 Å². The number of nitrogens with one attached hydrogen (secondary N) is 1. The van der Waals surface area contributed by atoms with Crippen LogP contribution in [0.25, 0.3) is 0 Å². The van der Waals surface area contributed by atoms with Crippen LogP contribution in [0.1, 0.15) is 31.4 Å². The lowest BCUT2D eigenvalue weighted by atomic mass is 10.1. The molecule has 1 aliphatic rings. The lowest BCUT2D eigenvalue weighted by Crippen LogP contribution is -2.40. The third-order valence-electron chi connectivity index (χ3n) is 3.49. The van der Waals surface area contributed by atoms with Gasteiger partial charge in [-0.3, -0.25) is 4.99 Å². The van der Waals surface area contributed by atoms with Crippen LogP contribution in [0.3, 0.4) is 0 Å². The molecule has 1 N–H and O–H groups in total. The first-order chi connectivity index (χ1) is 8.79. The van der Waals surface area contributed by atoms with Crippen molar-refractivity contribution in [2.24, 2.45) is 10.9 Å². The molecule has 19 heavy (non-hydrogen) atoms. The number of halogens is 1. The van der Waals surface area contributed by atoms with Gasteiger partial charge in [0.05, 0.1) is 6.54 Å². The van der Waals surface area contributed by atoms with E-state index in [-0.39, 0.29) is 24.0 Å². The molecule has 0 saturated heterocycles. The molecule has 0 amide bonds. The second kappa shape index (κ2) is 8.39. The van der Waals surface area contributed by atoms with E-state index in [4.69, 9.17) is 4.52 Å². The smallest absolute Gasteiger partial charge is 0.193 e. The molecule has 1 aromatic heterocycles.